The molecule has 0 bridgehead atoms. The van der Waals surface area contributed by atoms with E-state index in [-0.39, 0.29) is 0 Å². The van der Waals surface area contributed by atoms with E-state index in [1.54, 1.807) is 6.20 Å². The van der Waals surface area contributed by atoms with Crippen LogP contribution in [0.4, 0.5) is 5.13 Å². The van der Waals surface area contributed by atoms with Gasteiger partial charge in [0.1, 0.15) is 11.6 Å². The molecule has 1 N–H and O–H groups in total. The van der Waals surface area contributed by atoms with E-state index in [4.69, 9.17) is 4.42 Å². The molecule has 0 saturated heterocycles. The highest BCUT2D eigenvalue weighted by atomic mass is 32.1. The first-order valence-electron chi connectivity index (χ1n) is 5.81. The number of hydrogen-bond acceptors (Lipinski definition) is 6. The zero-order chi connectivity index (χ0) is 12.1. The highest BCUT2D eigenvalue weighted by Gasteiger charge is 2.05. The Labute approximate surface area is 104 Å². The third-order valence-corrected chi connectivity index (χ3v) is 2.99. The van der Waals surface area contributed by atoms with Gasteiger partial charge in [-0.1, -0.05) is 13.8 Å². The fourth-order valence-corrected chi connectivity index (χ4v) is 2.00. The monoisotopic (exact) mass is 252 g/mol. The average molecular weight is 252 g/mol. The highest BCUT2D eigenvalue weighted by molar-refractivity contribution is 7.09. The highest BCUT2D eigenvalue weighted by Crippen LogP contribution is 2.13. The van der Waals surface area contributed by atoms with Crippen LogP contribution < -0.4 is 5.32 Å². The van der Waals surface area contributed by atoms with E-state index in [9.17, 15) is 0 Å². The number of aryl methyl sites for hydroxylation is 2. The van der Waals surface area contributed by atoms with Crippen molar-refractivity contribution in [2.75, 3.05) is 5.32 Å². The van der Waals surface area contributed by atoms with Crippen LogP contribution in [-0.2, 0) is 19.4 Å². The summed E-state index contributed by atoms with van der Waals surface area (Å²) in [5.41, 5.74) is 0. The molecule has 0 spiro atoms. The second kappa shape index (κ2) is 5.77. The largest absolute Gasteiger partial charge is 0.444 e. The first-order valence-corrected chi connectivity index (χ1v) is 6.59. The molecular formula is C11H16N4OS. The van der Waals surface area contributed by atoms with E-state index in [0.29, 0.717) is 12.4 Å². The van der Waals surface area contributed by atoms with Crippen LogP contribution >= 0.6 is 11.5 Å². The lowest BCUT2D eigenvalue weighted by Gasteiger charge is -1.96. The second-order valence-corrected chi connectivity index (χ2v) is 4.45. The molecule has 0 amide bonds. The SMILES string of the molecule is CCCc1nsc(NCc2ncc(CC)o2)n1. The molecule has 5 nitrogen and oxygen atoms in total. The summed E-state index contributed by atoms with van der Waals surface area (Å²) in [4.78, 5) is 8.54. The second-order valence-electron chi connectivity index (χ2n) is 3.69. The Morgan fingerprint density at radius 2 is 2.29 bits per heavy atom. The number of nitrogens with one attached hydrogen (secondary N) is 1. The zero-order valence-corrected chi connectivity index (χ0v) is 10.9. The lowest BCUT2D eigenvalue weighted by Crippen LogP contribution is -1.99. The average Bonchev–Trinajstić information content (AvgIpc) is 2.95. The van der Waals surface area contributed by atoms with Crippen LogP contribution in [0.1, 0.15) is 37.7 Å². The van der Waals surface area contributed by atoms with Crippen molar-refractivity contribution in [3.05, 3.63) is 23.7 Å². The van der Waals surface area contributed by atoms with Gasteiger partial charge in [-0.3, -0.25) is 0 Å². The van der Waals surface area contributed by atoms with Crippen molar-refractivity contribution in [1.29, 1.82) is 0 Å². The van der Waals surface area contributed by atoms with Crippen LogP contribution in [0.2, 0.25) is 0 Å². The fraction of sp³-hybridized carbons (Fsp3) is 0.545. The zero-order valence-electron chi connectivity index (χ0n) is 10.1. The molecule has 92 valence electrons. The molecule has 0 aliphatic heterocycles. The van der Waals surface area contributed by atoms with Gasteiger partial charge in [-0.2, -0.15) is 4.37 Å². The van der Waals surface area contributed by atoms with Crippen molar-refractivity contribution in [3.8, 4) is 0 Å². The van der Waals surface area contributed by atoms with Gasteiger partial charge in [0.25, 0.3) is 0 Å². The summed E-state index contributed by atoms with van der Waals surface area (Å²) in [6.07, 6.45) is 4.62. The van der Waals surface area contributed by atoms with E-state index >= 15 is 0 Å². The predicted octanol–water partition coefficient (Wildman–Crippen LogP) is 2.65. The molecule has 0 aliphatic rings. The molecule has 2 heterocycles. The van der Waals surface area contributed by atoms with Gasteiger partial charge >= 0.3 is 0 Å². The van der Waals surface area contributed by atoms with Gasteiger partial charge < -0.3 is 9.73 Å². The van der Waals surface area contributed by atoms with Gasteiger partial charge in [-0.25, -0.2) is 9.97 Å². The molecule has 0 saturated carbocycles. The minimum Gasteiger partial charge on any atom is -0.444 e. The molecule has 0 aromatic carbocycles. The van der Waals surface area contributed by atoms with E-state index < -0.39 is 0 Å². The van der Waals surface area contributed by atoms with Crippen molar-refractivity contribution >= 4 is 16.7 Å². The standard InChI is InChI=1S/C11H16N4OS/c1-3-5-9-14-11(17-15-9)13-7-10-12-6-8(4-2)16-10/h6H,3-5,7H2,1-2H3,(H,13,14,15). The van der Waals surface area contributed by atoms with E-state index in [1.165, 1.54) is 11.5 Å². The van der Waals surface area contributed by atoms with Crippen molar-refractivity contribution in [3.63, 3.8) is 0 Å². The van der Waals surface area contributed by atoms with Crippen LogP contribution in [0.3, 0.4) is 0 Å². The summed E-state index contributed by atoms with van der Waals surface area (Å²) in [5, 5.41) is 3.99. The molecule has 17 heavy (non-hydrogen) atoms. The Morgan fingerprint density at radius 3 is 3.00 bits per heavy atom. The summed E-state index contributed by atoms with van der Waals surface area (Å²) in [6.45, 7) is 4.72. The first kappa shape index (κ1) is 12.0. The predicted molar refractivity (Wildman–Crippen MR) is 67.1 cm³/mol. The Morgan fingerprint density at radius 1 is 1.41 bits per heavy atom. The molecule has 0 fully saturated rings. The smallest absolute Gasteiger partial charge is 0.213 e. The normalized spacial score (nSPS) is 10.7. The number of anilines is 1. The molecule has 0 aliphatic carbocycles. The lowest BCUT2D eigenvalue weighted by molar-refractivity contribution is 0.466. The summed E-state index contributed by atoms with van der Waals surface area (Å²) in [5.74, 6) is 2.50. The van der Waals surface area contributed by atoms with Crippen LogP contribution in [0.15, 0.2) is 10.6 Å². The number of aromatic nitrogens is 3. The maximum absolute atomic E-state index is 5.49. The lowest BCUT2D eigenvalue weighted by atomic mass is 10.3. The van der Waals surface area contributed by atoms with Crippen molar-refractivity contribution in [2.24, 2.45) is 0 Å². The van der Waals surface area contributed by atoms with Gasteiger partial charge in [0, 0.05) is 24.4 Å². The van der Waals surface area contributed by atoms with Gasteiger partial charge in [-0.05, 0) is 6.42 Å². The van der Waals surface area contributed by atoms with Crippen LogP contribution in [-0.4, -0.2) is 14.3 Å². The number of oxazole rings is 1. The maximum Gasteiger partial charge on any atom is 0.213 e. The minimum absolute atomic E-state index is 0.556. The number of nitrogens with zero attached hydrogens (tertiary/aromatic N) is 3. The van der Waals surface area contributed by atoms with Crippen LogP contribution in [0.25, 0.3) is 0 Å². The van der Waals surface area contributed by atoms with Crippen molar-refractivity contribution in [1.82, 2.24) is 14.3 Å². The molecule has 0 unspecified atom stereocenters. The fourth-order valence-electron chi connectivity index (χ4n) is 1.40. The van der Waals surface area contributed by atoms with Crippen molar-refractivity contribution < 1.29 is 4.42 Å². The first-order chi connectivity index (χ1) is 8.31. The summed E-state index contributed by atoms with van der Waals surface area (Å²) < 4.78 is 9.75. The number of hydrogen-bond donors (Lipinski definition) is 1. The van der Waals surface area contributed by atoms with Gasteiger partial charge in [-0.15, -0.1) is 0 Å². The van der Waals surface area contributed by atoms with E-state index in [1.807, 2.05) is 6.92 Å². The summed E-state index contributed by atoms with van der Waals surface area (Å²) >= 11 is 1.38. The molecule has 0 atom stereocenters. The summed E-state index contributed by atoms with van der Waals surface area (Å²) in [6, 6.07) is 0. The number of rotatable bonds is 6. The van der Waals surface area contributed by atoms with Gasteiger partial charge in [0.2, 0.25) is 11.0 Å². The van der Waals surface area contributed by atoms with Gasteiger partial charge in [0.15, 0.2) is 0 Å². The molecule has 0 radical (unpaired) electrons. The van der Waals surface area contributed by atoms with E-state index in [2.05, 4.69) is 26.6 Å². The van der Waals surface area contributed by atoms with E-state index in [0.717, 1.165) is 36.0 Å². The molecule has 2 aromatic rings. The third kappa shape index (κ3) is 3.26. The molecule has 2 aromatic heterocycles. The Balaban J connectivity index is 1.88. The van der Waals surface area contributed by atoms with Crippen LogP contribution in [0, 0.1) is 0 Å². The molecule has 2 rings (SSSR count). The minimum atomic E-state index is 0.556. The Hall–Kier alpha value is -1.43. The van der Waals surface area contributed by atoms with Crippen molar-refractivity contribution in [2.45, 2.75) is 39.7 Å². The molecular weight excluding hydrogens is 236 g/mol. The Bertz CT molecular complexity index is 465. The Kier molecular flexibility index (Phi) is 4.08. The van der Waals surface area contributed by atoms with Crippen LogP contribution in [0.5, 0.6) is 0 Å². The summed E-state index contributed by atoms with van der Waals surface area (Å²) in [7, 11) is 0. The van der Waals surface area contributed by atoms with Gasteiger partial charge in [0.05, 0.1) is 12.7 Å². The molecule has 6 heteroatoms. The third-order valence-electron chi connectivity index (χ3n) is 2.28. The quantitative estimate of drug-likeness (QED) is 0.856. The maximum atomic E-state index is 5.49. The topological polar surface area (TPSA) is 63.8 Å².